The Morgan fingerprint density at radius 3 is 3.00 bits per heavy atom. The van der Waals surface area contributed by atoms with E-state index in [1.54, 1.807) is 24.2 Å². The minimum absolute atomic E-state index is 0.152. The van der Waals surface area contributed by atoms with Crippen LogP contribution in [0.5, 0.6) is 0 Å². The van der Waals surface area contributed by atoms with E-state index in [4.69, 9.17) is 4.98 Å². The topological polar surface area (TPSA) is 128 Å². The third-order valence-corrected chi connectivity index (χ3v) is 7.06. The lowest BCUT2D eigenvalue weighted by Crippen LogP contribution is -2.41. The molecule has 1 atom stereocenters. The molecule has 170 valence electrons. The van der Waals surface area contributed by atoms with Gasteiger partial charge in [-0.15, -0.1) is 11.8 Å². The van der Waals surface area contributed by atoms with Crippen LogP contribution in [0.15, 0.2) is 35.3 Å². The number of carbonyl (C=O) groups excluding carboxylic acids is 1. The van der Waals surface area contributed by atoms with Gasteiger partial charge in [0.2, 0.25) is 5.95 Å². The molecule has 10 nitrogen and oxygen atoms in total. The summed E-state index contributed by atoms with van der Waals surface area (Å²) in [6, 6.07) is 2.11. The van der Waals surface area contributed by atoms with Crippen LogP contribution in [-0.2, 0) is 11.3 Å². The van der Waals surface area contributed by atoms with Gasteiger partial charge >= 0.3 is 0 Å². The van der Waals surface area contributed by atoms with Gasteiger partial charge in [-0.25, -0.2) is 4.98 Å². The smallest absolute Gasteiger partial charge is 0.264 e. The number of aromatic nitrogens is 6. The highest BCUT2D eigenvalue weighted by Gasteiger charge is 2.29. The molecule has 3 aromatic heterocycles. The van der Waals surface area contributed by atoms with Gasteiger partial charge in [-0.2, -0.15) is 20.4 Å². The second-order valence-corrected chi connectivity index (χ2v) is 9.65. The lowest BCUT2D eigenvalue weighted by atomic mass is 10.1. The van der Waals surface area contributed by atoms with Crippen molar-refractivity contribution in [1.82, 2.24) is 34.8 Å². The number of carbonyl (C=O) groups is 1. The molecule has 2 fully saturated rings. The molecule has 5 rings (SSSR count). The van der Waals surface area contributed by atoms with Gasteiger partial charge in [-0.3, -0.25) is 14.6 Å². The van der Waals surface area contributed by atoms with Crippen LogP contribution in [0.4, 0.5) is 11.6 Å². The molecular formula is C22H25N9OS. The maximum atomic E-state index is 12.9. The van der Waals surface area contributed by atoms with Crippen molar-refractivity contribution in [1.29, 1.82) is 5.26 Å². The normalized spacial score (nSPS) is 19.0. The van der Waals surface area contributed by atoms with Gasteiger partial charge in [0.15, 0.2) is 5.65 Å². The number of aryl methyl sites for hydroxylation is 1. The summed E-state index contributed by atoms with van der Waals surface area (Å²) >= 11 is 1.63. The summed E-state index contributed by atoms with van der Waals surface area (Å²) in [5, 5.41) is 25.9. The van der Waals surface area contributed by atoms with E-state index in [9.17, 15) is 10.1 Å². The van der Waals surface area contributed by atoms with E-state index in [0.717, 1.165) is 48.3 Å². The Balaban J connectivity index is 1.33. The number of nitriles is 1. The van der Waals surface area contributed by atoms with Crippen LogP contribution < -0.4 is 5.32 Å². The summed E-state index contributed by atoms with van der Waals surface area (Å²) in [5.41, 5.74) is 1.75. The lowest BCUT2D eigenvalue weighted by molar-refractivity contribution is -0.127. The molecule has 33 heavy (non-hydrogen) atoms. The number of likely N-dealkylation sites (tertiary alicyclic amines) is 1. The number of H-pyrrole nitrogens is 1. The summed E-state index contributed by atoms with van der Waals surface area (Å²) in [7, 11) is 0. The molecule has 0 aromatic carbocycles. The first-order valence-corrected chi connectivity index (χ1v) is 12.1. The molecule has 0 bridgehead atoms. The number of nitrogens with one attached hydrogen (secondary N) is 2. The van der Waals surface area contributed by atoms with Gasteiger partial charge in [-0.05, 0) is 38.5 Å². The third kappa shape index (κ3) is 4.85. The van der Waals surface area contributed by atoms with Gasteiger partial charge in [0.1, 0.15) is 16.7 Å². The second kappa shape index (κ2) is 9.23. The predicted octanol–water partition coefficient (Wildman–Crippen LogP) is 3.26. The molecule has 4 heterocycles. The van der Waals surface area contributed by atoms with Crippen molar-refractivity contribution in [2.24, 2.45) is 5.92 Å². The van der Waals surface area contributed by atoms with E-state index in [-0.39, 0.29) is 16.7 Å². The second-order valence-electron chi connectivity index (χ2n) is 8.36. The molecule has 1 aliphatic heterocycles. The third-order valence-electron chi connectivity index (χ3n) is 5.81. The maximum Gasteiger partial charge on any atom is 0.264 e. The van der Waals surface area contributed by atoms with E-state index in [1.165, 1.54) is 0 Å². The SMILES string of the molecule is CCn1cc(Nc2nc(SC3CCCN(C(=O)/C(C#N)=C/C4CC4)C3)c3cn[nH]c3n2)cn1. The van der Waals surface area contributed by atoms with Crippen molar-refractivity contribution in [2.75, 3.05) is 18.4 Å². The molecule has 1 saturated heterocycles. The molecule has 2 aliphatic rings. The molecule has 1 amide bonds. The number of hydrogen-bond donors (Lipinski definition) is 2. The number of rotatable bonds is 7. The fourth-order valence-electron chi connectivity index (χ4n) is 3.89. The number of amides is 1. The average molecular weight is 464 g/mol. The Bertz CT molecular complexity index is 1240. The summed E-state index contributed by atoms with van der Waals surface area (Å²) in [5.74, 6) is 0.707. The zero-order valence-electron chi connectivity index (χ0n) is 18.4. The van der Waals surface area contributed by atoms with E-state index >= 15 is 0 Å². The monoisotopic (exact) mass is 463 g/mol. The molecule has 11 heteroatoms. The Labute approximate surface area is 195 Å². The Morgan fingerprint density at radius 1 is 1.36 bits per heavy atom. The summed E-state index contributed by atoms with van der Waals surface area (Å²) < 4.78 is 1.83. The van der Waals surface area contributed by atoms with Crippen LogP contribution in [0.1, 0.15) is 32.6 Å². The lowest BCUT2D eigenvalue weighted by Gasteiger charge is -2.32. The van der Waals surface area contributed by atoms with Crippen LogP contribution in [0, 0.1) is 17.2 Å². The van der Waals surface area contributed by atoms with E-state index in [2.05, 4.69) is 31.7 Å². The van der Waals surface area contributed by atoms with E-state index in [0.29, 0.717) is 30.6 Å². The van der Waals surface area contributed by atoms with Gasteiger partial charge in [0.25, 0.3) is 5.91 Å². The minimum Gasteiger partial charge on any atom is -0.337 e. The van der Waals surface area contributed by atoms with Crippen LogP contribution >= 0.6 is 11.8 Å². The fraction of sp³-hybridized carbons (Fsp3) is 0.455. The first-order chi connectivity index (χ1) is 16.1. The number of thioether (sulfide) groups is 1. The number of nitrogens with zero attached hydrogens (tertiary/aromatic N) is 7. The molecule has 3 aromatic rings. The average Bonchev–Trinajstić information content (AvgIpc) is 3.32. The fourth-order valence-corrected chi connectivity index (χ4v) is 5.16. The molecule has 1 aliphatic carbocycles. The number of fused-ring (bicyclic) bond motifs is 1. The molecule has 0 spiro atoms. The van der Waals surface area contributed by atoms with Crippen molar-refractivity contribution in [3.05, 3.63) is 30.2 Å². The Morgan fingerprint density at radius 2 is 2.24 bits per heavy atom. The Hall–Kier alpha value is -3.39. The molecule has 1 saturated carbocycles. The largest absolute Gasteiger partial charge is 0.337 e. The van der Waals surface area contributed by atoms with Crippen LogP contribution in [0.3, 0.4) is 0 Å². The first-order valence-electron chi connectivity index (χ1n) is 11.2. The van der Waals surface area contributed by atoms with Crippen molar-refractivity contribution in [2.45, 2.75) is 49.4 Å². The Kier molecular flexibility index (Phi) is 6.00. The van der Waals surface area contributed by atoms with Crippen molar-refractivity contribution >= 4 is 40.3 Å². The highest BCUT2D eigenvalue weighted by molar-refractivity contribution is 8.00. The number of allylic oxidation sites excluding steroid dienone is 1. The molecule has 2 N–H and O–H groups in total. The summed E-state index contributed by atoms with van der Waals surface area (Å²) in [4.78, 5) is 24.0. The van der Waals surface area contributed by atoms with Crippen LogP contribution in [-0.4, -0.2) is 59.1 Å². The van der Waals surface area contributed by atoms with E-state index < -0.39 is 0 Å². The van der Waals surface area contributed by atoms with Crippen molar-refractivity contribution in [3.63, 3.8) is 0 Å². The summed E-state index contributed by atoms with van der Waals surface area (Å²) in [6.07, 6.45) is 11.2. The van der Waals surface area contributed by atoms with E-state index in [1.807, 2.05) is 28.8 Å². The number of hydrogen-bond acceptors (Lipinski definition) is 8. The zero-order valence-corrected chi connectivity index (χ0v) is 19.2. The van der Waals surface area contributed by atoms with Crippen molar-refractivity contribution < 1.29 is 4.79 Å². The predicted molar refractivity (Wildman–Crippen MR) is 125 cm³/mol. The standard InChI is InChI=1S/C22H25N9OS/c1-2-31-12-16(10-25-31)26-22-27-19-18(11-24-29-19)20(28-22)33-17-4-3-7-30(13-17)21(32)15(9-23)8-14-5-6-14/h8,10-12,14,17H,2-7,13H2,1H3,(H2,24,26,27,28,29)/b15-8+. The summed E-state index contributed by atoms with van der Waals surface area (Å²) in [6.45, 7) is 4.07. The molecular weight excluding hydrogens is 438 g/mol. The minimum atomic E-state index is -0.152. The van der Waals surface area contributed by atoms with Crippen molar-refractivity contribution in [3.8, 4) is 6.07 Å². The highest BCUT2D eigenvalue weighted by Crippen LogP contribution is 2.34. The molecule has 0 radical (unpaired) electrons. The quantitative estimate of drug-likeness (QED) is 0.310. The number of aromatic amines is 1. The van der Waals surface area contributed by atoms with Gasteiger partial charge in [0.05, 0.1) is 23.5 Å². The van der Waals surface area contributed by atoms with Gasteiger partial charge in [0, 0.05) is 31.1 Å². The van der Waals surface area contributed by atoms with Gasteiger partial charge < -0.3 is 10.2 Å². The van der Waals surface area contributed by atoms with Gasteiger partial charge in [-0.1, -0.05) is 6.08 Å². The zero-order chi connectivity index (χ0) is 22.8. The molecule has 1 unspecified atom stereocenters. The number of anilines is 2. The highest BCUT2D eigenvalue weighted by atomic mass is 32.2. The number of piperidine rings is 1. The first kappa shape index (κ1) is 21.5. The van der Waals surface area contributed by atoms with Crippen LogP contribution in [0.25, 0.3) is 11.0 Å². The van der Waals surface area contributed by atoms with Crippen LogP contribution in [0.2, 0.25) is 0 Å². The maximum absolute atomic E-state index is 12.9.